The highest BCUT2D eigenvalue weighted by Gasteiger charge is 2.09. The Morgan fingerprint density at radius 3 is 2.79 bits per heavy atom. The molecule has 1 rings (SSSR count). The van der Waals surface area contributed by atoms with E-state index in [0.717, 1.165) is 11.3 Å². The summed E-state index contributed by atoms with van der Waals surface area (Å²) in [4.78, 5) is 19.5. The van der Waals surface area contributed by atoms with Crippen molar-refractivity contribution in [2.75, 3.05) is 21.3 Å². The molecule has 1 aromatic heterocycles. The number of aromatic nitrogens is 1. The monoisotopic (exact) mass is 214 g/mol. The second kappa shape index (κ2) is 4.71. The molecule has 0 radical (unpaired) electrons. The van der Waals surface area contributed by atoms with Gasteiger partial charge in [0.05, 0.1) is 14.2 Å². The van der Waals surface area contributed by atoms with E-state index in [1.54, 1.807) is 13.1 Å². The van der Waals surface area contributed by atoms with Gasteiger partial charge in [0.2, 0.25) is 0 Å². The summed E-state index contributed by atoms with van der Waals surface area (Å²) in [7, 11) is 4.40. The van der Waals surface area contributed by atoms with E-state index in [2.05, 4.69) is 14.7 Å². The number of methoxy groups -OCH3 is 2. The molecule has 0 aliphatic heterocycles. The van der Waals surface area contributed by atoms with Crippen LogP contribution in [0, 0.1) is 0 Å². The first-order chi connectivity index (χ1) is 6.71. The Labute approximate surface area is 85.0 Å². The molecule has 0 aliphatic rings. The normalized spacial score (nSPS) is 11.2. The smallest absolute Gasteiger partial charge is 0.348 e. The summed E-state index contributed by atoms with van der Waals surface area (Å²) < 4.78 is 9.51. The first-order valence-electron chi connectivity index (χ1n) is 3.78. The van der Waals surface area contributed by atoms with Crippen LogP contribution < -0.4 is 10.2 Å². The Morgan fingerprint density at radius 1 is 1.57 bits per heavy atom. The summed E-state index contributed by atoms with van der Waals surface area (Å²) in [6, 6.07) is 1.55. The first kappa shape index (κ1) is 10.6. The van der Waals surface area contributed by atoms with Gasteiger partial charge >= 0.3 is 5.97 Å². The fraction of sp³-hybridized carbons (Fsp3) is 0.375. The summed E-state index contributed by atoms with van der Waals surface area (Å²) in [6.45, 7) is 0. The van der Waals surface area contributed by atoms with Gasteiger partial charge in [0, 0.05) is 13.1 Å². The summed E-state index contributed by atoms with van der Waals surface area (Å²) in [6.07, 6.45) is 0. The third-order valence-corrected chi connectivity index (χ3v) is 2.39. The van der Waals surface area contributed by atoms with Gasteiger partial charge in [-0.25, -0.2) is 4.79 Å². The average molecular weight is 214 g/mol. The number of hydrogen-bond acceptors (Lipinski definition) is 6. The van der Waals surface area contributed by atoms with Crippen molar-refractivity contribution in [3.63, 3.8) is 0 Å². The van der Waals surface area contributed by atoms with Crippen LogP contribution in [0.1, 0.15) is 9.67 Å². The Balaban J connectivity index is 3.25. The number of carbonyl (C=O) groups excluding carboxylic acids is 1. The van der Waals surface area contributed by atoms with Crippen LogP contribution in [0.3, 0.4) is 0 Å². The Hall–Kier alpha value is -1.43. The zero-order valence-electron chi connectivity index (χ0n) is 8.10. The van der Waals surface area contributed by atoms with Crippen LogP contribution in [0.15, 0.2) is 11.1 Å². The van der Waals surface area contributed by atoms with Crippen molar-refractivity contribution >= 4 is 17.3 Å². The summed E-state index contributed by atoms with van der Waals surface area (Å²) >= 11 is 1.12. The van der Waals surface area contributed by atoms with Crippen molar-refractivity contribution in [2.24, 2.45) is 4.99 Å². The molecule has 0 saturated carbocycles. The van der Waals surface area contributed by atoms with Crippen molar-refractivity contribution in [3.8, 4) is 5.19 Å². The lowest BCUT2D eigenvalue weighted by molar-refractivity contribution is 0.0605. The molecule has 0 unspecified atom stereocenters. The quantitative estimate of drug-likeness (QED) is 0.671. The van der Waals surface area contributed by atoms with Crippen molar-refractivity contribution in [3.05, 3.63) is 16.4 Å². The summed E-state index contributed by atoms with van der Waals surface area (Å²) in [5.41, 5.74) is 0.445. The molecule has 14 heavy (non-hydrogen) atoms. The van der Waals surface area contributed by atoms with Gasteiger partial charge < -0.3 is 9.47 Å². The lowest BCUT2D eigenvalue weighted by atomic mass is 10.5. The summed E-state index contributed by atoms with van der Waals surface area (Å²) in [5.74, 6) is -0.416. The van der Waals surface area contributed by atoms with Gasteiger partial charge in [-0.15, -0.1) is 0 Å². The van der Waals surface area contributed by atoms with Crippen LogP contribution in [0.4, 0.5) is 0 Å². The van der Waals surface area contributed by atoms with Gasteiger partial charge in [-0.2, -0.15) is 4.98 Å². The average Bonchev–Trinajstić information content (AvgIpc) is 2.27. The van der Waals surface area contributed by atoms with E-state index in [1.165, 1.54) is 14.2 Å². The third-order valence-electron chi connectivity index (χ3n) is 1.45. The molecule has 0 aromatic carbocycles. The van der Waals surface area contributed by atoms with E-state index in [9.17, 15) is 4.79 Å². The highest BCUT2D eigenvalue weighted by molar-refractivity contribution is 7.15. The number of esters is 1. The second-order valence-electron chi connectivity index (χ2n) is 2.27. The Morgan fingerprint density at radius 2 is 2.29 bits per heavy atom. The molecule has 6 heteroatoms. The SMILES string of the molecule is CN=c1cc(C(=O)OC)sc(OC)n1. The number of ether oxygens (including phenoxy) is 2. The molecule has 0 amide bonds. The van der Waals surface area contributed by atoms with E-state index in [0.29, 0.717) is 15.6 Å². The topological polar surface area (TPSA) is 60.8 Å². The molecule has 1 aromatic rings. The molecule has 0 N–H and O–H groups in total. The van der Waals surface area contributed by atoms with Crippen molar-refractivity contribution in [2.45, 2.75) is 0 Å². The molecule has 0 aliphatic carbocycles. The highest BCUT2D eigenvalue weighted by atomic mass is 32.1. The van der Waals surface area contributed by atoms with E-state index < -0.39 is 5.97 Å². The number of hydrogen-bond donors (Lipinski definition) is 0. The standard InChI is InChI=1S/C8H10N2O3S/c1-9-6-4-5(7(11)12-2)14-8(10-6)13-3/h4H,1-3H3. The molecular formula is C8H10N2O3S. The number of carbonyl (C=O) groups is 1. The van der Waals surface area contributed by atoms with Crippen molar-refractivity contribution in [1.29, 1.82) is 0 Å². The van der Waals surface area contributed by atoms with Crippen LogP contribution in [0.25, 0.3) is 0 Å². The van der Waals surface area contributed by atoms with E-state index in [4.69, 9.17) is 4.74 Å². The molecule has 76 valence electrons. The van der Waals surface area contributed by atoms with Gasteiger partial charge in [-0.05, 0) is 0 Å². The Kier molecular flexibility index (Phi) is 3.58. The van der Waals surface area contributed by atoms with Crippen LogP contribution in [-0.4, -0.2) is 32.2 Å². The number of nitrogens with zero attached hydrogens (tertiary/aromatic N) is 2. The molecule has 0 fully saturated rings. The van der Waals surface area contributed by atoms with Gasteiger partial charge in [-0.3, -0.25) is 4.99 Å². The van der Waals surface area contributed by atoms with Gasteiger partial charge in [0.25, 0.3) is 5.19 Å². The van der Waals surface area contributed by atoms with Crippen molar-refractivity contribution < 1.29 is 14.3 Å². The molecule has 0 bridgehead atoms. The zero-order chi connectivity index (χ0) is 10.6. The maximum Gasteiger partial charge on any atom is 0.348 e. The maximum absolute atomic E-state index is 11.2. The van der Waals surface area contributed by atoms with Crippen LogP contribution in [0.2, 0.25) is 0 Å². The predicted molar refractivity (Wildman–Crippen MR) is 51.5 cm³/mol. The third kappa shape index (κ3) is 2.29. The Bertz CT molecular complexity index is 400. The minimum atomic E-state index is -0.416. The fourth-order valence-corrected chi connectivity index (χ4v) is 1.53. The van der Waals surface area contributed by atoms with E-state index in [-0.39, 0.29) is 0 Å². The number of rotatable bonds is 2. The lowest BCUT2D eigenvalue weighted by Crippen LogP contribution is -2.11. The largest absolute Gasteiger partial charge is 0.473 e. The van der Waals surface area contributed by atoms with Gasteiger partial charge in [0.15, 0.2) is 5.49 Å². The molecule has 0 spiro atoms. The second-order valence-corrected chi connectivity index (χ2v) is 3.26. The van der Waals surface area contributed by atoms with Crippen LogP contribution in [0.5, 0.6) is 5.19 Å². The van der Waals surface area contributed by atoms with Gasteiger partial charge in [-0.1, -0.05) is 11.3 Å². The molecule has 0 atom stereocenters. The zero-order valence-corrected chi connectivity index (χ0v) is 8.92. The molecular weight excluding hydrogens is 204 g/mol. The first-order valence-corrected chi connectivity index (χ1v) is 4.60. The fourth-order valence-electron chi connectivity index (χ4n) is 0.792. The van der Waals surface area contributed by atoms with Crippen molar-refractivity contribution in [1.82, 2.24) is 4.98 Å². The van der Waals surface area contributed by atoms with Crippen LogP contribution >= 0.6 is 11.3 Å². The maximum atomic E-state index is 11.2. The summed E-state index contributed by atoms with van der Waals surface area (Å²) in [5, 5.41) is 0.383. The molecule has 0 saturated heterocycles. The van der Waals surface area contributed by atoms with E-state index in [1.807, 2.05) is 0 Å². The molecule has 1 heterocycles. The van der Waals surface area contributed by atoms with Gasteiger partial charge in [0.1, 0.15) is 4.88 Å². The van der Waals surface area contributed by atoms with Crippen LogP contribution in [-0.2, 0) is 4.74 Å². The minimum Gasteiger partial charge on any atom is -0.473 e. The minimum absolute atomic E-state index is 0.383. The molecule has 5 nitrogen and oxygen atoms in total. The highest BCUT2D eigenvalue weighted by Crippen LogP contribution is 2.16. The predicted octanol–water partition coefficient (Wildman–Crippen LogP) is 0.469. The van der Waals surface area contributed by atoms with E-state index >= 15 is 0 Å². The lowest BCUT2D eigenvalue weighted by Gasteiger charge is -2.00.